The van der Waals surface area contributed by atoms with Crippen LogP contribution in [0.3, 0.4) is 0 Å². The molecule has 1 aromatic rings. The minimum atomic E-state index is -3.74. The second kappa shape index (κ2) is 7.25. The third-order valence-electron chi connectivity index (χ3n) is 3.54. The number of carbonyl (C=O) groups is 1. The Hall–Kier alpha value is -0.700. The molecule has 0 spiro atoms. The number of nitrogens with zero attached hydrogens (tertiary/aromatic N) is 1. The van der Waals surface area contributed by atoms with Gasteiger partial charge in [-0.15, -0.1) is 12.4 Å². The lowest BCUT2D eigenvalue weighted by atomic mass is 10.1. The van der Waals surface area contributed by atoms with E-state index in [1.807, 2.05) is 0 Å². The van der Waals surface area contributed by atoms with E-state index in [0.29, 0.717) is 11.0 Å². The first-order chi connectivity index (χ1) is 9.71. The number of carbonyl (C=O) groups excluding carboxylic acids is 1. The number of hydrogen-bond acceptors (Lipinski definition) is 4. The van der Waals surface area contributed by atoms with E-state index in [4.69, 9.17) is 0 Å². The molecule has 1 aliphatic heterocycles. The molecule has 0 aromatic heterocycles. The van der Waals surface area contributed by atoms with Crippen LogP contribution in [-0.2, 0) is 9.84 Å². The number of likely N-dealkylation sites (N-methyl/N-ethyl adjacent to an activating group) is 1. The number of hydrogen-bond donors (Lipinski definition) is 1. The molecule has 1 aromatic carbocycles. The quantitative estimate of drug-likeness (QED) is 0.818. The Morgan fingerprint density at radius 3 is 2.59 bits per heavy atom. The van der Waals surface area contributed by atoms with Crippen LogP contribution >= 0.6 is 28.3 Å². The maximum Gasteiger partial charge on any atom is 0.256 e. The summed E-state index contributed by atoms with van der Waals surface area (Å²) in [6.07, 6.45) is 1.70. The third kappa shape index (κ3) is 3.98. The zero-order valence-corrected chi connectivity index (χ0v) is 15.3. The zero-order chi connectivity index (χ0) is 15.8. The van der Waals surface area contributed by atoms with Crippen LogP contribution < -0.4 is 5.32 Å². The van der Waals surface area contributed by atoms with Crippen LogP contribution in [0.2, 0.25) is 0 Å². The van der Waals surface area contributed by atoms with Gasteiger partial charge in [-0.3, -0.25) is 4.79 Å². The smallest absolute Gasteiger partial charge is 0.256 e. The van der Waals surface area contributed by atoms with Crippen LogP contribution in [0.25, 0.3) is 0 Å². The van der Waals surface area contributed by atoms with Gasteiger partial charge in [0.15, 0.2) is 15.7 Å². The van der Waals surface area contributed by atoms with E-state index < -0.39 is 26.5 Å². The van der Waals surface area contributed by atoms with Gasteiger partial charge in [0.2, 0.25) is 0 Å². The van der Waals surface area contributed by atoms with E-state index in [-0.39, 0.29) is 24.0 Å². The van der Waals surface area contributed by atoms with Crippen molar-refractivity contribution in [2.24, 2.45) is 0 Å². The maximum atomic E-state index is 14.4. The molecule has 0 saturated carbocycles. The number of amides is 1. The fourth-order valence-corrected chi connectivity index (χ4v) is 3.70. The molecule has 0 radical (unpaired) electrons. The highest BCUT2D eigenvalue weighted by molar-refractivity contribution is 9.10. The summed E-state index contributed by atoms with van der Waals surface area (Å²) in [7, 11) is -2.15. The Kier molecular flexibility index (Phi) is 6.37. The van der Waals surface area contributed by atoms with E-state index in [2.05, 4.69) is 21.2 Å². The first-order valence-electron chi connectivity index (χ1n) is 6.39. The fraction of sp³-hybridized carbons (Fsp3) is 0.462. The summed E-state index contributed by atoms with van der Waals surface area (Å²) in [5.74, 6) is -1.52. The van der Waals surface area contributed by atoms with Crippen molar-refractivity contribution in [2.45, 2.75) is 17.4 Å². The topological polar surface area (TPSA) is 66.5 Å². The van der Waals surface area contributed by atoms with Crippen molar-refractivity contribution in [1.82, 2.24) is 10.2 Å². The SMILES string of the molecule is CN(C(=O)c1cc(Br)cc(S(C)(=O)=O)c1F)C1CCNC1.Cl. The van der Waals surface area contributed by atoms with Gasteiger partial charge in [-0.05, 0) is 25.1 Å². The first-order valence-corrected chi connectivity index (χ1v) is 9.07. The van der Waals surface area contributed by atoms with Crippen molar-refractivity contribution >= 4 is 44.1 Å². The van der Waals surface area contributed by atoms with Gasteiger partial charge >= 0.3 is 0 Å². The predicted molar refractivity (Wildman–Crippen MR) is 87.8 cm³/mol. The first kappa shape index (κ1) is 19.3. The Morgan fingerprint density at radius 1 is 1.45 bits per heavy atom. The molecule has 1 N–H and O–H groups in total. The van der Waals surface area contributed by atoms with Gasteiger partial charge in [0.05, 0.1) is 5.56 Å². The predicted octanol–water partition coefficient (Wildman–Crippen LogP) is 1.85. The van der Waals surface area contributed by atoms with Crippen LogP contribution in [0, 0.1) is 5.82 Å². The highest BCUT2D eigenvalue weighted by Crippen LogP contribution is 2.25. The van der Waals surface area contributed by atoms with Gasteiger partial charge in [-0.25, -0.2) is 12.8 Å². The number of nitrogens with one attached hydrogen (secondary N) is 1. The fourth-order valence-electron chi connectivity index (χ4n) is 2.32. The zero-order valence-electron chi connectivity index (χ0n) is 12.1. The van der Waals surface area contributed by atoms with Crippen molar-refractivity contribution in [3.8, 4) is 0 Å². The third-order valence-corrected chi connectivity index (χ3v) is 5.09. The second-order valence-corrected chi connectivity index (χ2v) is 8.00. The second-order valence-electron chi connectivity index (χ2n) is 5.10. The van der Waals surface area contributed by atoms with Crippen LogP contribution in [0.4, 0.5) is 4.39 Å². The monoisotopic (exact) mass is 414 g/mol. The Bertz CT molecular complexity index is 678. The Morgan fingerprint density at radius 2 is 2.09 bits per heavy atom. The molecule has 1 unspecified atom stereocenters. The highest BCUT2D eigenvalue weighted by atomic mass is 79.9. The minimum Gasteiger partial charge on any atom is -0.337 e. The Labute approximate surface area is 143 Å². The van der Waals surface area contributed by atoms with Gasteiger partial charge in [-0.2, -0.15) is 0 Å². The van der Waals surface area contributed by atoms with Crippen LogP contribution in [0.15, 0.2) is 21.5 Å². The Balaban J connectivity index is 0.00000242. The summed E-state index contributed by atoms with van der Waals surface area (Å²) in [4.78, 5) is 13.4. The molecular formula is C13H17BrClFN2O3S. The molecule has 1 amide bonds. The van der Waals surface area contributed by atoms with E-state index in [9.17, 15) is 17.6 Å². The lowest BCUT2D eigenvalue weighted by Crippen LogP contribution is -2.38. The van der Waals surface area contributed by atoms with Gasteiger partial charge in [0.25, 0.3) is 5.91 Å². The van der Waals surface area contributed by atoms with Gasteiger partial charge in [0.1, 0.15) is 4.90 Å². The molecule has 22 heavy (non-hydrogen) atoms. The van der Waals surface area contributed by atoms with Crippen LogP contribution in [-0.4, -0.2) is 51.7 Å². The highest BCUT2D eigenvalue weighted by Gasteiger charge is 2.28. The summed E-state index contributed by atoms with van der Waals surface area (Å²) in [6.45, 7) is 1.45. The number of rotatable bonds is 3. The molecule has 5 nitrogen and oxygen atoms in total. The lowest BCUT2D eigenvalue weighted by molar-refractivity contribution is 0.0738. The number of halogens is 3. The standard InChI is InChI=1S/C13H16BrFN2O3S.ClH/c1-17(9-3-4-16-7-9)13(18)10-5-8(14)6-11(12(10)15)21(2,19)20;/h5-6,9,16H,3-4,7H2,1-2H3;1H. The van der Waals surface area contributed by atoms with E-state index in [0.717, 1.165) is 19.2 Å². The molecule has 1 aliphatic rings. The molecule has 1 atom stereocenters. The van der Waals surface area contributed by atoms with Crippen molar-refractivity contribution in [1.29, 1.82) is 0 Å². The summed E-state index contributed by atoms with van der Waals surface area (Å²) >= 11 is 3.13. The van der Waals surface area contributed by atoms with Crippen molar-refractivity contribution in [3.05, 3.63) is 28.0 Å². The summed E-state index contributed by atoms with van der Waals surface area (Å²) in [5.41, 5.74) is -0.237. The van der Waals surface area contributed by atoms with Gasteiger partial charge < -0.3 is 10.2 Å². The normalized spacial score (nSPS) is 17.9. The molecule has 9 heteroatoms. The molecule has 1 saturated heterocycles. The maximum absolute atomic E-state index is 14.4. The minimum absolute atomic E-state index is 0. The lowest BCUT2D eigenvalue weighted by Gasteiger charge is -2.24. The molecule has 0 bridgehead atoms. The molecule has 2 rings (SSSR count). The number of sulfone groups is 1. The van der Waals surface area contributed by atoms with Crippen molar-refractivity contribution in [2.75, 3.05) is 26.4 Å². The summed E-state index contributed by atoms with van der Waals surface area (Å²) in [6, 6.07) is 2.46. The van der Waals surface area contributed by atoms with E-state index >= 15 is 0 Å². The molecule has 1 fully saturated rings. The summed E-state index contributed by atoms with van der Waals surface area (Å²) < 4.78 is 38.0. The van der Waals surface area contributed by atoms with Crippen LogP contribution in [0.1, 0.15) is 16.8 Å². The summed E-state index contributed by atoms with van der Waals surface area (Å²) in [5, 5.41) is 3.13. The average Bonchev–Trinajstić information content (AvgIpc) is 2.92. The molecule has 124 valence electrons. The van der Waals surface area contributed by atoms with Gasteiger partial charge in [0, 0.05) is 30.4 Å². The molecule has 1 heterocycles. The van der Waals surface area contributed by atoms with Crippen molar-refractivity contribution in [3.63, 3.8) is 0 Å². The van der Waals surface area contributed by atoms with E-state index in [1.165, 1.54) is 17.0 Å². The average molecular weight is 416 g/mol. The van der Waals surface area contributed by atoms with Crippen molar-refractivity contribution < 1.29 is 17.6 Å². The number of benzene rings is 1. The molecular weight excluding hydrogens is 399 g/mol. The van der Waals surface area contributed by atoms with E-state index in [1.54, 1.807) is 7.05 Å². The largest absolute Gasteiger partial charge is 0.337 e. The van der Waals surface area contributed by atoms with Crippen LogP contribution in [0.5, 0.6) is 0 Å². The van der Waals surface area contributed by atoms with Gasteiger partial charge in [-0.1, -0.05) is 15.9 Å². The molecule has 0 aliphatic carbocycles.